The van der Waals surface area contributed by atoms with E-state index < -0.39 is 11.6 Å². The molecule has 0 aliphatic rings. The summed E-state index contributed by atoms with van der Waals surface area (Å²) in [6.45, 7) is 0. The summed E-state index contributed by atoms with van der Waals surface area (Å²) in [5.41, 5.74) is 6.17. The molecule has 0 heterocycles. The van der Waals surface area contributed by atoms with Gasteiger partial charge in [0.05, 0.1) is 14.8 Å². The second kappa shape index (κ2) is 4.94. The minimum Gasteiger partial charge on any atom is -0.398 e. The van der Waals surface area contributed by atoms with Crippen molar-refractivity contribution in [2.75, 3.05) is 5.73 Å². The molecule has 0 fully saturated rings. The van der Waals surface area contributed by atoms with Crippen LogP contribution in [0.25, 0.3) is 0 Å². The highest BCUT2D eigenvalue weighted by molar-refractivity contribution is 7.99. The van der Waals surface area contributed by atoms with Gasteiger partial charge in [0, 0.05) is 5.69 Å². The van der Waals surface area contributed by atoms with Crippen molar-refractivity contribution in [2.45, 2.75) is 9.79 Å². The zero-order chi connectivity index (χ0) is 12.4. The van der Waals surface area contributed by atoms with Gasteiger partial charge in [-0.1, -0.05) is 29.4 Å². The molecule has 0 bridgehead atoms. The average Bonchev–Trinajstić information content (AvgIpc) is 2.28. The van der Waals surface area contributed by atoms with Gasteiger partial charge in [0.1, 0.15) is 11.6 Å². The zero-order valence-electron chi connectivity index (χ0n) is 8.58. The van der Waals surface area contributed by atoms with E-state index in [-0.39, 0.29) is 4.90 Å². The van der Waals surface area contributed by atoms with Gasteiger partial charge in [0.15, 0.2) is 0 Å². The Hall–Kier alpha value is -1.26. The van der Waals surface area contributed by atoms with E-state index in [1.54, 1.807) is 18.2 Å². The molecule has 2 aromatic rings. The maximum absolute atomic E-state index is 13.4. The lowest BCUT2D eigenvalue weighted by atomic mass is 10.3. The third kappa shape index (κ3) is 2.70. The number of hydrogen-bond acceptors (Lipinski definition) is 2. The van der Waals surface area contributed by atoms with Crippen molar-refractivity contribution in [1.29, 1.82) is 0 Å². The van der Waals surface area contributed by atoms with E-state index in [1.165, 1.54) is 0 Å². The number of benzene rings is 2. The van der Waals surface area contributed by atoms with Crippen molar-refractivity contribution >= 4 is 29.1 Å². The molecule has 0 amide bonds. The minimum atomic E-state index is -0.504. The highest BCUT2D eigenvalue weighted by Gasteiger charge is 2.10. The molecule has 0 aromatic heterocycles. The van der Waals surface area contributed by atoms with E-state index >= 15 is 0 Å². The van der Waals surface area contributed by atoms with E-state index in [2.05, 4.69) is 0 Å². The molecule has 0 saturated heterocycles. The van der Waals surface area contributed by atoms with Crippen molar-refractivity contribution in [2.24, 2.45) is 0 Å². The quantitative estimate of drug-likeness (QED) is 0.822. The van der Waals surface area contributed by atoms with E-state index in [9.17, 15) is 8.78 Å². The van der Waals surface area contributed by atoms with Crippen LogP contribution in [0.15, 0.2) is 46.2 Å². The number of halogens is 3. The predicted molar refractivity (Wildman–Crippen MR) is 66.3 cm³/mol. The molecule has 2 rings (SSSR count). The van der Waals surface area contributed by atoms with Crippen molar-refractivity contribution < 1.29 is 8.78 Å². The Labute approximate surface area is 107 Å². The van der Waals surface area contributed by atoms with Crippen LogP contribution in [-0.2, 0) is 0 Å². The van der Waals surface area contributed by atoms with Gasteiger partial charge in [-0.25, -0.2) is 8.78 Å². The lowest BCUT2D eigenvalue weighted by Gasteiger charge is -2.08. The summed E-state index contributed by atoms with van der Waals surface area (Å²) in [6, 6.07) is 8.26. The first-order valence-electron chi connectivity index (χ1n) is 4.75. The molecular weight excluding hydrogens is 264 g/mol. The van der Waals surface area contributed by atoms with Crippen LogP contribution < -0.4 is 5.73 Å². The van der Waals surface area contributed by atoms with E-state index in [0.717, 1.165) is 30.0 Å². The fourth-order valence-electron chi connectivity index (χ4n) is 1.30. The third-order valence-electron chi connectivity index (χ3n) is 2.10. The monoisotopic (exact) mass is 271 g/mol. The SMILES string of the molecule is Nc1cccc(Cl)c1Sc1cc(F)ccc1F. The Kier molecular flexibility index (Phi) is 3.54. The maximum atomic E-state index is 13.4. The van der Waals surface area contributed by atoms with Crippen LogP contribution in [0.1, 0.15) is 0 Å². The molecule has 0 aliphatic carbocycles. The first-order valence-corrected chi connectivity index (χ1v) is 5.94. The van der Waals surface area contributed by atoms with E-state index in [4.69, 9.17) is 17.3 Å². The number of hydrogen-bond donors (Lipinski definition) is 1. The number of nitrogen functional groups attached to an aromatic ring is 1. The highest BCUT2D eigenvalue weighted by Crippen LogP contribution is 2.38. The summed E-state index contributed by atoms with van der Waals surface area (Å²) < 4.78 is 26.5. The highest BCUT2D eigenvalue weighted by atomic mass is 35.5. The smallest absolute Gasteiger partial charge is 0.137 e. The van der Waals surface area contributed by atoms with Gasteiger partial charge in [0.2, 0.25) is 0 Å². The number of anilines is 1. The fraction of sp³-hybridized carbons (Fsp3) is 0. The summed E-state index contributed by atoms with van der Waals surface area (Å²) in [6.07, 6.45) is 0. The summed E-state index contributed by atoms with van der Waals surface area (Å²) in [4.78, 5) is 0.684. The van der Waals surface area contributed by atoms with Gasteiger partial charge in [-0.3, -0.25) is 0 Å². The third-order valence-corrected chi connectivity index (χ3v) is 3.72. The van der Waals surface area contributed by atoms with Crippen LogP contribution in [0.5, 0.6) is 0 Å². The molecule has 0 atom stereocenters. The number of nitrogens with two attached hydrogens (primary N) is 1. The van der Waals surface area contributed by atoms with Crippen LogP contribution in [0.2, 0.25) is 5.02 Å². The van der Waals surface area contributed by atoms with Crippen LogP contribution in [0.3, 0.4) is 0 Å². The molecule has 17 heavy (non-hydrogen) atoms. The molecule has 1 nitrogen and oxygen atoms in total. The maximum Gasteiger partial charge on any atom is 0.137 e. The normalized spacial score (nSPS) is 10.5. The topological polar surface area (TPSA) is 26.0 Å². The minimum absolute atomic E-state index is 0.157. The van der Waals surface area contributed by atoms with E-state index in [0.29, 0.717) is 15.6 Å². The van der Waals surface area contributed by atoms with Crippen molar-refractivity contribution in [3.8, 4) is 0 Å². The lowest BCUT2D eigenvalue weighted by Crippen LogP contribution is -1.90. The number of rotatable bonds is 2. The zero-order valence-corrected chi connectivity index (χ0v) is 10.2. The fourth-order valence-corrected chi connectivity index (χ4v) is 2.50. The van der Waals surface area contributed by atoms with Crippen LogP contribution in [0.4, 0.5) is 14.5 Å². The Morgan fingerprint density at radius 2 is 1.88 bits per heavy atom. The molecule has 0 saturated carbocycles. The van der Waals surface area contributed by atoms with Gasteiger partial charge in [0.25, 0.3) is 0 Å². The summed E-state index contributed by atoms with van der Waals surface area (Å²) in [7, 11) is 0. The van der Waals surface area contributed by atoms with Gasteiger partial charge < -0.3 is 5.73 Å². The molecule has 0 radical (unpaired) electrons. The Balaban J connectivity index is 2.41. The Bertz CT molecular complexity index is 540. The molecule has 0 unspecified atom stereocenters. The first kappa shape index (κ1) is 12.2. The molecule has 2 N–H and O–H groups in total. The lowest BCUT2D eigenvalue weighted by molar-refractivity contribution is 0.577. The van der Waals surface area contributed by atoms with Crippen molar-refractivity contribution in [1.82, 2.24) is 0 Å². The van der Waals surface area contributed by atoms with Crippen molar-refractivity contribution in [3.63, 3.8) is 0 Å². The van der Waals surface area contributed by atoms with Crippen molar-refractivity contribution in [3.05, 3.63) is 53.1 Å². The summed E-state index contributed by atoms with van der Waals surface area (Å²) >= 11 is 6.96. The summed E-state index contributed by atoms with van der Waals surface area (Å²) in [5, 5.41) is 0.415. The largest absolute Gasteiger partial charge is 0.398 e. The molecule has 2 aromatic carbocycles. The van der Waals surface area contributed by atoms with Gasteiger partial charge in [-0.05, 0) is 30.3 Å². The molecule has 0 aliphatic heterocycles. The van der Waals surface area contributed by atoms with Crippen LogP contribution >= 0.6 is 23.4 Å². The summed E-state index contributed by atoms with van der Waals surface area (Å²) in [5.74, 6) is -1.00. The molecule has 88 valence electrons. The first-order chi connectivity index (χ1) is 8.08. The second-order valence-electron chi connectivity index (χ2n) is 3.33. The van der Waals surface area contributed by atoms with Crippen LogP contribution in [0, 0.1) is 11.6 Å². The van der Waals surface area contributed by atoms with E-state index in [1.807, 2.05) is 0 Å². The van der Waals surface area contributed by atoms with Gasteiger partial charge in [-0.2, -0.15) is 0 Å². The Morgan fingerprint density at radius 3 is 2.59 bits per heavy atom. The van der Waals surface area contributed by atoms with Gasteiger partial charge in [-0.15, -0.1) is 0 Å². The average molecular weight is 272 g/mol. The molecule has 5 heteroatoms. The standard InChI is InChI=1S/C12H8ClF2NS/c13-8-2-1-3-10(16)12(8)17-11-6-7(14)4-5-9(11)15/h1-6H,16H2. The van der Waals surface area contributed by atoms with Crippen LogP contribution in [-0.4, -0.2) is 0 Å². The second-order valence-corrected chi connectivity index (χ2v) is 4.79. The predicted octanol–water partition coefficient (Wildman–Crippen LogP) is 4.35. The van der Waals surface area contributed by atoms with Gasteiger partial charge >= 0.3 is 0 Å². The Morgan fingerprint density at radius 1 is 1.12 bits per heavy atom. The molecular formula is C12H8ClF2NS. The molecule has 0 spiro atoms.